The lowest BCUT2D eigenvalue weighted by molar-refractivity contribution is -0.192. The minimum atomic E-state index is -2.22. The summed E-state index contributed by atoms with van der Waals surface area (Å²) in [5.41, 5.74) is 5.44. The number of carbonyl (C=O) groups is 4. The summed E-state index contributed by atoms with van der Waals surface area (Å²) in [6.45, 7) is 18.6. The van der Waals surface area contributed by atoms with E-state index >= 15 is 0 Å². The highest BCUT2D eigenvalue weighted by atomic mass is 28.3. The molecule has 0 fully saturated rings. The quantitative estimate of drug-likeness (QED) is 0.0979. The molecule has 280 valence electrons. The third-order valence-corrected chi connectivity index (χ3v) is 12.9. The molecule has 0 aliphatic carbocycles. The average molecular weight is 735 g/mol. The second-order valence-corrected chi connectivity index (χ2v) is 20.9. The normalized spacial score (nSPS) is 17.4. The largest absolute Gasteiger partial charge is 0.458 e. The number of carbonyl (C=O) groups excluding carboxylic acids is 4. The van der Waals surface area contributed by atoms with Gasteiger partial charge in [-0.3, -0.25) is 10.1 Å². The van der Waals surface area contributed by atoms with Crippen molar-refractivity contribution in [1.82, 2.24) is 9.55 Å². The van der Waals surface area contributed by atoms with Gasteiger partial charge in [0.05, 0.1) is 37.1 Å². The van der Waals surface area contributed by atoms with E-state index in [1.165, 1.54) is 0 Å². The van der Waals surface area contributed by atoms with E-state index in [2.05, 4.69) is 25.3 Å². The van der Waals surface area contributed by atoms with E-state index in [1.807, 2.05) is 12.1 Å². The first kappa shape index (κ1) is 38.7. The monoisotopic (exact) mass is 734 g/mol. The van der Waals surface area contributed by atoms with Crippen molar-refractivity contribution in [2.75, 3.05) is 5.32 Å². The van der Waals surface area contributed by atoms with Crippen LogP contribution in [0, 0.1) is 0 Å². The number of ether oxygens (including phenoxy) is 4. The number of fused-ring (bicyclic) bond motifs is 5. The van der Waals surface area contributed by atoms with Gasteiger partial charge >= 0.3 is 24.0 Å². The van der Waals surface area contributed by atoms with Crippen molar-refractivity contribution in [3.63, 3.8) is 0 Å². The predicted octanol–water partition coefficient (Wildman–Crippen LogP) is 5.36. The molecule has 2 atom stereocenters. The van der Waals surface area contributed by atoms with Crippen LogP contribution in [0.25, 0.3) is 22.3 Å². The van der Waals surface area contributed by atoms with Gasteiger partial charge < -0.3 is 29.2 Å². The van der Waals surface area contributed by atoms with Gasteiger partial charge in [-0.1, -0.05) is 45.8 Å². The maximum Gasteiger partial charge on any atom is 0.412 e. The highest BCUT2D eigenvalue weighted by Crippen LogP contribution is 2.41. The molecule has 1 aromatic carbocycles. The van der Waals surface area contributed by atoms with Crippen molar-refractivity contribution in [3.8, 4) is 11.4 Å². The Balaban J connectivity index is 1.67. The van der Waals surface area contributed by atoms with Crippen LogP contribution in [0.1, 0.15) is 91.3 Å². The summed E-state index contributed by atoms with van der Waals surface area (Å²) in [7, 11) is -2.22. The zero-order valence-electron chi connectivity index (χ0n) is 31.8. The first-order chi connectivity index (χ1) is 24.1. The number of cyclic esters (lactones) is 1. The summed E-state index contributed by atoms with van der Waals surface area (Å²) in [4.78, 5) is 71.7. The van der Waals surface area contributed by atoms with Crippen LogP contribution in [-0.2, 0) is 52.1 Å². The lowest BCUT2D eigenvalue weighted by Crippen LogP contribution is -2.52. The molecular weight excluding hydrogens is 685 g/mol. The van der Waals surface area contributed by atoms with E-state index in [4.69, 9.17) is 29.7 Å². The molecule has 0 saturated heterocycles. The molecule has 0 radical (unpaired) electrons. The van der Waals surface area contributed by atoms with Crippen molar-refractivity contribution in [3.05, 3.63) is 51.3 Å². The van der Waals surface area contributed by atoms with E-state index < -0.39 is 60.5 Å². The molecule has 2 aliphatic rings. The molecule has 0 spiro atoms. The number of unbranched alkanes of at least 4 members (excludes halogenated alkanes) is 1. The number of amides is 1. The molecule has 3 N–H and O–H groups in total. The van der Waals surface area contributed by atoms with Gasteiger partial charge in [0.25, 0.3) is 5.56 Å². The van der Waals surface area contributed by atoms with Crippen LogP contribution in [0.3, 0.4) is 0 Å². The van der Waals surface area contributed by atoms with Crippen molar-refractivity contribution < 1.29 is 38.1 Å². The molecule has 3 aromatic rings. The third kappa shape index (κ3) is 7.36. The van der Waals surface area contributed by atoms with Gasteiger partial charge in [0.1, 0.15) is 17.8 Å². The van der Waals surface area contributed by atoms with E-state index in [0.29, 0.717) is 22.6 Å². The highest BCUT2D eigenvalue weighted by molar-refractivity contribution is 6.91. The molecule has 5 rings (SSSR count). The summed E-state index contributed by atoms with van der Waals surface area (Å²) >= 11 is 0. The Hall–Kier alpha value is -4.56. The standard InChI is InChI=1S/C38H50N4O9Si/c1-11-13-16-52(9,10)30-22-17-21(40-35(47)51-37(6,7)8)14-15-26(22)41-29-23(30)19-42-27(29)18-25-24(31(42)43)20-48-34(46)38(25,12-2)50-33(45)28(39)32(44)49-36(3,4)5/h14-15,17-18,28H,11-13,16,19-20,39H2,1-10H3,(H,40,47). The third-order valence-electron chi connectivity index (χ3n) is 9.32. The minimum absolute atomic E-state index is 0.0951. The molecule has 2 aliphatic heterocycles. The van der Waals surface area contributed by atoms with E-state index in [9.17, 15) is 24.0 Å². The lowest BCUT2D eigenvalue weighted by Gasteiger charge is -2.36. The Kier molecular flexibility index (Phi) is 10.2. The second-order valence-electron chi connectivity index (χ2n) is 16.2. The smallest absolute Gasteiger partial charge is 0.412 e. The number of rotatable bonds is 9. The van der Waals surface area contributed by atoms with Gasteiger partial charge in [0.2, 0.25) is 11.6 Å². The fourth-order valence-corrected chi connectivity index (χ4v) is 10.4. The maximum atomic E-state index is 14.3. The Bertz CT molecular complexity index is 2030. The first-order valence-corrected chi connectivity index (χ1v) is 21.0. The summed E-state index contributed by atoms with van der Waals surface area (Å²) in [6.07, 6.45) is 1.37. The van der Waals surface area contributed by atoms with Gasteiger partial charge in [-0.05, 0) is 83.0 Å². The number of nitrogens with zero attached hydrogens (tertiary/aromatic N) is 2. The zero-order chi connectivity index (χ0) is 38.6. The summed E-state index contributed by atoms with van der Waals surface area (Å²) in [6, 6.07) is 6.34. The number of hydrogen-bond acceptors (Lipinski definition) is 11. The molecule has 4 heterocycles. The number of esters is 3. The molecular formula is C38H50N4O9Si. The molecule has 52 heavy (non-hydrogen) atoms. The minimum Gasteiger partial charge on any atom is -0.458 e. The fourth-order valence-electron chi connectivity index (χ4n) is 6.95. The molecule has 1 amide bonds. The summed E-state index contributed by atoms with van der Waals surface area (Å²) in [5.74, 6) is -3.08. The van der Waals surface area contributed by atoms with Crippen LogP contribution in [0.2, 0.25) is 19.1 Å². The predicted molar refractivity (Wildman–Crippen MR) is 199 cm³/mol. The topological polar surface area (TPSA) is 178 Å². The van der Waals surface area contributed by atoms with E-state index in [-0.39, 0.29) is 30.7 Å². The average Bonchev–Trinajstić information content (AvgIpc) is 3.39. The van der Waals surface area contributed by atoms with Gasteiger partial charge in [0.15, 0.2) is 0 Å². The lowest BCUT2D eigenvalue weighted by atomic mass is 9.85. The van der Waals surface area contributed by atoms with Crippen LogP contribution >= 0.6 is 0 Å². The summed E-state index contributed by atoms with van der Waals surface area (Å²) < 4.78 is 23.6. The Labute approximate surface area is 304 Å². The Morgan fingerprint density at radius 2 is 1.69 bits per heavy atom. The van der Waals surface area contributed by atoms with E-state index in [0.717, 1.165) is 35.0 Å². The molecule has 0 saturated carbocycles. The Morgan fingerprint density at radius 1 is 1.02 bits per heavy atom. The van der Waals surface area contributed by atoms with Crippen LogP contribution < -0.4 is 21.8 Å². The molecule has 14 heteroatoms. The maximum absolute atomic E-state index is 14.3. The van der Waals surface area contributed by atoms with Crippen molar-refractivity contribution in [1.29, 1.82) is 0 Å². The fraction of sp³-hybridized carbons (Fsp3) is 0.526. The van der Waals surface area contributed by atoms with Crippen molar-refractivity contribution >= 4 is 53.9 Å². The van der Waals surface area contributed by atoms with Crippen molar-refractivity contribution in [2.45, 2.75) is 130 Å². The molecule has 0 bridgehead atoms. The first-order valence-electron chi connectivity index (χ1n) is 17.8. The number of pyridine rings is 2. The molecule has 2 unspecified atom stereocenters. The van der Waals surface area contributed by atoms with Crippen LogP contribution in [0.15, 0.2) is 29.1 Å². The van der Waals surface area contributed by atoms with Crippen LogP contribution in [0.5, 0.6) is 0 Å². The zero-order valence-corrected chi connectivity index (χ0v) is 32.8. The van der Waals surface area contributed by atoms with Gasteiger partial charge in [-0.15, -0.1) is 0 Å². The highest BCUT2D eigenvalue weighted by Gasteiger charge is 2.52. The number of aromatic nitrogens is 2. The van der Waals surface area contributed by atoms with Gasteiger partial charge in [-0.2, -0.15) is 0 Å². The summed E-state index contributed by atoms with van der Waals surface area (Å²) in [5, 5.41) is 4.86. The number of anilines is 1. The van der Waals surface area contributed by atoms with E-state index in [1.54, 1.807) is 65.2 Å². The Morgan fingerprint density at radius 3 is 2.31 bits per heavy atom. The van der Waals surface area contributed by atoms with Crippen LogP contribution in [0.4, 0.5) is 10.5 Å². The van der Waals surface area contributed by atoms with Gasteiger partial charge in [0, 0.05) is 16.6 Å². The van der Waals surface area contributed by atoms with Gasteiger partial charge in [-0.25, -0.2) is 24.2 Å². The second kappa shape index (κ2) is 13.8. The van der Waals surface area contributed by atoms with Crippen LogP contribution in [-0.4, -0.2) is 58.9 Å². The number of nitrogens with one attached hydrogen (secondary N) is 1. The van der Waals surface area contributed by atoms with Crippen molar-refractivity contribution in [2.24, 2.45) is 5.73 Å². The number of hydrogen-bond donors (Lipinski definition) is 2. The number of nitrogens with two attached hydrogens (primary N) is 1. The molecule has 13 nitrogen and oxygen atoms in total. The molecule has 2 aromatic heterocycles. The SMILES string of the molecule is CCCC[Si](C)(C)c1c2c(nc3ccc(NC(=O)OC(C)(C)C)cc13)-c1cc3c(c(=O)n1C2)COC(=O)C3(CC)OC(=O)C(N)C(=O)OC(C)(C)C. The number of benzene rings is 1.